The molecule has 1 aliphatic rings. The maximum atomic E-state index is 8.44. The van der Waals surface area contributed by atoms with Crippen LogP contribution in [0, 0.1) is 13.8 Å². The molecule has 7 heteroatoms. The second-order valence-electron chi connectivity index (χ2n) is 7.39. The lowest BCUT2D eigenvalue weighted by atomic mass is 9.95. The molecule has 1 fully saturated rings. The normalized spacial score (nSPS) is 26.2. The Morgan fingerprint density at radius 2 is 1.93 bits per heavy atom. The molecule has 0 unspecified atom stereocenters. The molecule has 150 valence electrons. The van der Waals surface area contributed by atoms with E-state index in [-0.39, 0.29) is 11.7 Å². The van der Waals surface area contributed by atoms with Crippen molar-refractivity contribution in [2.24, 2.45) is 0 Å². The molecule has 0 spiro atoms. The monoisotopic (exact) mass is 397 g/mol. The fraction of sp³-hybridized carbons (Fsp3) is 0.409. The zero-order chi connectivity index (χ0) is 27.3. The van der Waals surface area contributed by atoms with Gasteiger partial charge in [-0.25, -0.2) is 14.5 Å². The molecule has 0 aliphatic carbocycles. The van der Waals surface area contributed by atoms with E-state index in [1.54, 1.807) is 10.6 Å². The Morgan fingerprint density at radius 1 is 1.14 bits per heavy atom. The van der Waals surface area contributed by atoms with Crippen molar-refractivity contribution in [2.75, 3.05) is 30.9 Å². The van der Waals surface area contributed by atoms with Gasteiger partial charge in [-0.1, -0.05) is 13.8 Å². The van der Waals surface area contributed by atoms with Crippen molar-refractivity contribution in [2.45, 2.75) is 33.6 Å². The van der Waals surface area contributed by atoms with Crippen LogP contribution < -0.4 is 10.2 Å². The van der Waals surface area contributed by atoms with E-state index >= 15 is 0 Å². The van der Waals surface area contributed by atoms with Crippen LogP contribution in [0.2, 0.25) is 0 Å². The lowest BCUT2D eigenvalue weighted by Crippen LogP contribution is -2.43. The number of aryl methyl sites for hydroxylation is 1. The Kier molecular flexibility index (Phi) is 2.67. The third kappa shape index (κ3) is 2.88. The van der Waals surface area contributed by atoms with Crippen molar-refractivity contribution in [3.05, 3.63) is 41.3 Å². The zero-order valence-electron chi connectivity index (χ0n) is 24.6. The number of nitrogens with zero attached hydrogens (tertiary/aromatic N) is 5. The number of fused-ring (bicyclic) bond motifs is 2. The van der Waals surface area contributed by atoms with Crippen LogP contribution in [0.3, 0.4) is 0 Å². The summed E-state index contributed by atoms with van der Waals surface area (Å²) in [5, 5.41) is 6.13. The topological polar surface area (TPSA) is 74.1 Å². The van der Waals surface area contributed by atoms with E-state index in [0.717, 1.165) is 33.6 Å². The van der Waals surface area contributed by atoms with Crippen molar-refractivity contribution in [3.63, 3.8) is 0 Å². The molecule has 0 saturated carbocycles. The third-order valence-corrected chi connectivity index (χ3v) is 5.33. The summed E-state index contributed by atoms with van der Waals surface area (Å²) in [6, 6.07) is 3.00. The molecular weight excluding hydrogens is 362 g/mol. The predicted octanol–water partition coefficient (Wildman–Crippen LogP) is 3.42. The minimum atomic E-state index is -2.97. The van der Waals surface area contributed by atoms with Gasteiger partial charge in [-0.2, -0.15) is 5.10 Å². The number of piperazine rings is 1. The number of H-pyrrole nitrogens is 1. The molecule has 4 aromatic heterocycles. The van der Waals surface area contributed by atoms with Gasteiger partial charge in [-0.15, -0.1) is 0 Å². The summed E-state index contributed by atoms with van der Waals surface area (Å²) in [5.74, 6) is -0.268. The molecule has 5 rings (SSSR count). The van der Waals surface area contributed by atoms with Gasteiger partial charge in [0.25, 0.3) is 0 Å². The van der Waals surface area contributed by atoms with Gasteiger partial charge in [0, 0.05) is 48.8 Å². The van der Waals surface area contributed by atoms with Crippen molar-refractivity contribution in [3.8, 4) is 11.3 Å². The average Bonchev–Trinajstić information content (AvgIpc) is 3.38. The van der Waals surface area contributed by atoms with Crippen LogP contribution >= 0.6 is 0 Å². The number of pyridine rings is 2. The van der Waals surface area contributed by atoms with E-state index in [1.165, 1.54) is 12.4 Å². The lowest BCUT2D eigenvalue weighted by Gasteiger charge is -2.28. The van der Waals surface area contributed by atoms with Gasteiger partial charge in [0.1, 0.15) is 12.1 Å². The maximum Gasteiger partial charge on any atom is 0.158 e. The number of aromatic amines is 1. The fourth-order valence-corrected chi connectivity index (χ4v) is 3.77. The Balaban J connectivity index is 1.76. The van der Waals surface area contributed by atoms with Crippen LogP contribution in [0.15, 0.2) is 24.7 Å². The first-order valence-corrected chi connectivity index (χ1v) is 9.43. The molecule has 0 bridgehead atoms. The van der Waals surface area contributed by atoms with E-state index in [1.807, 2.05) is 39.2 Å². The summed E-state index contributed by atoms with van der Waals surface area (Å²) in [5.41, 5.74) is 6.25. The maximum absolute atomic E-state index is 8.44. The first-order chi connectivity index (χ1) is 17.0. The summed E-state index contributed by atoms with van der Waals surface area (Å²) in [7, 11) is 0. The van der Waals surface area contributed by atoms with E-state index < -0.39 is 26.0 Å². The van der Waals surface area contributed by atoms with Crippen molar-refractivity contribution < 1.29 is 11.0 Å². The smallest absolute Gasteiger partial charge is 0.158 e. The molecular formula is C22H27N7. The summed E-state index contributed by atoms with van der Waals surface area (Å²) in [6.45, 7) is -3.84. The largest absolute Gasteiger partial charge is 0.354 e. The third-order valence-electron chi connectivity index (χ3n) is 5.33. The van der Waals surface area contributed by atoms with Gasteiger partial charge >= 0.3 is 0 Å². The number of rotatable bonds is 3. The molecule has 5 heterocycles. The lowest BCUT2D eigenvalue weighted by molar-refractivity contribution is 0.585. The van der Waals surface area contributed by atoms with E-state index in [9.17, 15) is 0 Å². The first kappa shape index (κ1) is 11.3. The van der Waals surface area contributed by atoms with Gasteiger partial charge in [-0.05, 0) is 43.0 Å². The second-order valence-corrected chi connectivity index (χ2v) is 7.39. The fourth-order valence-electron chi connectivity index (χ4n) is 3.77. The minimum Gasteiger partial charge on any atom is -0.354 e. The summed E-state index contributed by atoms with van der Waals surface area (Å²) >= 11 is 0. The highest BCUT2D eigenvalue weighted by molar-refractivity contribution is 5.90. The highest BCUT2D eigenvalue weighted by Crippen LogP contribution is 2.37. The molecule has 1 saturated heterocycles. The number of anilines is 1. The van der Waals surface area contributed by atoms with Crippen molar-refractivity contribution >= 4 is 22.5 Å². The molecule has 2 N–H and O–H groups in total. The van der Waals surface area contributed by atoms with Crippen LogP contribution in [0.4, 0.5) is 5.82 Å². The van der Waals surface area contributed by atoms with Crippen molar-refractivity contribution in [1.82, 2.24) is 29.9 Å². The second kappa shape index (κ2) is 6.84. The quantitative estimate of drug-likeness (QED) is 0.554. The van der Waals surface area contributed by atoms with Crippen LogP contribution in [0.25, 0.3) is 27.9 Å². The van der Waals surface area contributed by atoms with E-state index in [4.69, 9.17) is 11.0 Å². The first-order valence-electron chi connectivity index (χ1n) is 13.4. The van der Waals surface area contributed by atoms with Crippen LogP contribution in [0.5, 0.6) is 0 Å². The van der Waals surface area contributed by atoms with Crippen molar-refractivity contribution in [1.29, 1.82) is 0 Å². The minimum absolute atomic E-state index is 0.0490. The number of aromatic nitrogens is 5. The Morgan fingerprint density at radius 3 is 2.69 bits per heavy atom. The molecule has 0 radical (unpaired) electrons. The van der Waals surface area contributed by atoms with Gasteiger partial charge in [0.15, 0.2) is 5.65 Å². The summed E-state index contributed by atoms with van der Waals surface area (Å²) in [4.78, 5) is 12.8. The molecule has 7 nitrogen and oxygen atoms in total. The molecule has 4 aromatic rings. The molecule has 0 amide bonds. The number of hydrogen-bond acceptors (Lipinski definition) is 5. The van der Waals surface area contributed by atoms with Gasteiger partial charge in [0.05, 0.1) is 22.2 Å². The summed E-state index contributed by atoms with van der Waals surface area (Å²) in [6.07, 6.45) is 3.36. The summed E-state index contributed by atoms with van der Waals surface area (Å²) < 4.78 is 67.9. The highest BCUT2D eigenvalue weighted by Gasteiger charge is 2.22. The van der Waals surface area contributed by atoms with Crippen LogP contribution in [-0.2, 0) is 0 Å². The average molecular weight is 398 g/mol. The Labute approximate surface area is 181 Å². The predicted molar refractivity (Wildman–Crippen MR) is 117 cm³/mol. The highest BCUT2D eigenvalue weighted by atomic mass is 15.3. The molecule has 0 aromatic carbocycles. The standard InChI is InChI=1S/C22H27N7/c1-13(2)19-20(16-11-29-22(24-12-25-29)15(4)14(16)3)26-17-5-6-18(27-21(17)19)28-9-7-23-8-10-28/h5-6,11-13,23,26H,7-10H2,1-4H3/i7D2,8D2,9D2,10D2. The Bertz CT molecular complexity index is 1510. The van der Waals surface area contributed by atoms with Gasteiger partial charge in [-0.3, -0.25) is 0 Å². The molecule has 0 atom stereocenters. The SMILES string of the molecule is [2H]C1([2H])NC([2H])([2H])C([2H])([2H])N(c2ccc3[nH]c(-c4cn5ncnc5c(C)c4C)c(C(C)C)c3n2)C1([2H])[2H]. The van der Waals surface area contributed by atoms with Gasteiger partial charge in [0.2, 0.25) is 0 Å². The van der Waals surface area contributed by atoms with E-state index in [0.29, 0.717) is 15.9 Å². The van der Waals surface area contributed by atoms with E-state index in [2.05, 4.69) is 20.1 Å². The zero-order valence-corrected chi connectivity index (χ0v) is 16.6. The Hall–Kier alpha value is -2.93. The van der Waals surface area contributed by atoms with Crippen LogP contribution in [-0.4, -0.2) is 50.6 Å². The number of hydrogen-bond donors (Lipinski definition) is 2. The molecule has 1 aliphatic heterocycles. The molecule has 29 heavy (non-hydrogen) atoms. The van der Waals surface area contributed by atoms with Gasteiger partial charge < -0.3 is 15.2 Å². The number of nitrogens with one attached hydrogen (secondary N) is 2. The van der Waals surface area contributed by atoms with Crippen LogP contribution in [0.1, 0.15) is 47.4 Å².